The summed E-state index contributed by atoms with van der Waals surface area (Å²) in [5.74, 6) is -1.81. The molecule has 1 rings (SSSR count). The number of ether oxygens (including phenoxy) is 2. The average molecular weight is 330 g/mol. The molecule has 1 aromatic rings. The number of amides is 1. The number of aromatic carboxylic acids is 1. The summed E-state index contributed by atoms with van der Waals surface area (Å²) in [7, 11) is 0. The van der Waals surface area contributed by atoms with Gasteiger partial charge < -0.3 is 14.6 Å². The highest BCUT2D eigenvalue weighted by Gasteiger charge is 2.23. The first-order valence-electron chi connectivity index (χ1n) is 6.51. The van der Waals surface area contributed by atoms with Crippen molar-refractivity contribution < 1.29 is 29.0 Å². The first-order chi connectivity index (χ1) is 10.1. The van der Waals surface area contributed by atoms with Crippen LogP contribution >= 0.6 is 11.3 Å². The Bertz CT molecular complexity index is 576. The second-order valence-corrected chi connectivity index (χ2v) is 6.21. The van der Waals surface area contributed by atoms with Crippen LogP contribution in [-0.4, -0.2) is 40.3 Å². The van der Waals surface area contributed by atoms with Gasteiger partial charge in [-0.15, -0.1) is 0 Å². The minimum absolute atomic E-state index is 0.0435. The van der Waals surface area contributed by atoms with Crippen molar-refractivity contribution in [3.05, 3.63) is 10.6 Å². The molecule has 0 saturated heterocycles. The summed E-state index contributed by atoms with van der Waals surface area (Å²) < 4.78 is 9.81. The maximum absolute atomic E-state index is 11.6. The molecule has 0 saturated carbocycles. The zero-order valence-corrected chi connectivity index (χ0v) is 13.6. The molecule has 9 heteroatoms. The van der Waals surface area contributed by atoms with Gasteiger partial charge in [-0.05, 0) is 27.7 Å². The molecule has 0 radical (unpaired) electrons. The molecule has 0 unspecified atom stereocenters. The molecular formula is C13H18N2O6S. The van der Waals surface area contributed by atoms with Crippen LogP contribution in [0.3, 0.4) is 0 Å². The van der Waals surface area contributed by atoms with E-state index in [9.17, 15) is 14.4 Å². The number of carboxylic acids is 1. The molecule has 22 heavy (non-hydrogen) atoms. The number of anilines is 1. The normalized spacial score (nSPS) is 10.9. The fourth-order valence-corrected chi connectivity index (χ4v) is 2.24. The number of thiazole rings is 1. The molecule has 1 amide bonds. The van der Waals surface area contributed by atoms with Crippen molar-refractivity contribution >= 4 is 34.5 Å². The first-order valence-corrected chi connectivity index (χ1v) is 7.32. The van der Waals surface area contributed by atoms with E-state index in [4.69, 9.17) is 14.6 Å². The van der Waals surface area contributed by atoms with Crippen LogP contribution in [-0.2, 0) is 20.7 Å². The van der Waals surface area contributed by atoms with E-state index in [1.54, 1.807) is 27.7 Å². The lowest BCUT2D eigenvalue weighted by atomic mass is 10.2. The molecule has 0 atom stereocenters. The number of hydrogen-bond acceptors (Lipinski definition) is 7. The summed E-state index contributed by atoms with van der Waals surface area (Å²) in [5, 5.41) is 11.5. The van der Waals surface area contributed by atoms with Crippen molar-refractivity contribution in [2.75, 3.05) is 11.9 Å². The molecule has 122 valence electrons. The van der Waals surface area contributed by atoms with Crippen molar-refractivity contribution in [1.29, 1.82) is 0 Å². The zero-order valence-electron chi connectivity index (χ0n) is 12.8. The van der Waals surface area contributed by atoms with Gasteiger partial charge in [0.1, 0.15) is 10.5 Å². The molecular weight excluding hydrogens is 312 g/mol. The molecule has 0 fully saturated rings. The van der Waals surface area contributed by atoms with E-state index in [-0.39, 0.29) is 28.7 Å². The van der Waals surface area contributed by atoms with Crippen LogP contribution in [0.5, 0.6) is 0 Å². The van der Waals surface area contributed by atoms with Crippen LogP contribution in [0, 0.1) is 0 Å². The second-order valence-electron chi connectivity index (χ2n) is 5.21. The highest BCUT2D eigenvalue weighted by atomic mass is 32.1. The Morgan fingerprint density at radius 3 is 2.45 bits per heavy atom. The van der Waals surface area contributed by atoms with Crippen molar-refractivity contribution in [3.63, 3.8) is 0 Å². The second kappa shape index (κ2) is 7.21. The number of nitrogens with zero attached hydrogens (tertiary/aromatic N) is 1. The summed E-state index contributed by atoms with van der Waals surface area (Å²) in [6.07, 6.45) is -1.03. The van der Waals surface area contributed by atoms with E-state index in [2.05, 4.69) is 10.3 Å². The Morgan fingerprint density at radius 2 is 1.95 bits per heavy atom. The number of carboxylic acid groups (broad SMARTS) is 1. The van der Waals surface area contributed by atoms with Crippen molar-refractivity contribution in [3.8, 4) is 0 Å². The fraction of sp³-hybridized carbons (Fsp3) is 0.538. The molecule has 0 bridgehead atoms. The highest BCUT2D eigenvalue weighted by Crippen LogP contribution is 2.24. The number of carbonyl (C=O) groups excluding carboxylic acids is 2. The Morgan fingerprint density at radius 1 is 1.32 bits per heavy atom. The van der Waals surface area contributed by atoms with Gasteiger partial charge in [0.2, 0.25) is 0 Å². The summed E-state index contributed by atoms with van der Waals surface area (Å²) >= 11 is 0.752. The van der Waals surface area contributed by atoms with Crippen LogP contribution in [0.4, 0.5) is 9.93 Å². The molecule has 8 nitrogen and oxygen atoms in total. The van der Waals surface area contributed by atoms with Crippen molar-refractivity contribution in [2.24, 2.45) is 0 Å². The van der Waals surface area contributed by atoms with Crippen LogP contribution in [0.2, 0.25) is 0 Å². The van der Waals surface area contributed by atoms with Crippen molar-refractivity contribution in [1.82, 2.24) is 4.98 Å². The molecule has 2 N–H and O–H groups in total. The van der Waals surface area contributed by atoms with Crippen LogP contribution in [0.15, 0.2) is 0 Å². The molecule has 0 aliphatic heterocycles. The van der Waals surface area contributed by atoms with E-state index in [0.717, 1.165) is 11.3 Å². The van der Waals surface area contributed by atoms with Crippen LogP contribution in [0.25, 0.3) is 0 Å². The quantitative estimate of drug-likeness (QED) is 0.796. The van der Waals surface area contributed by atoms with Gasteiger partial charge in [-0.1, -0.05) is 11.3 Å². The van der Waals surface area contributed by atoms with Gasteiger partial charge in [-0.2, -0.15) is 0 Å². The number of rotatable bonds is 5. The lowest BCUT2D eigenvalue weighted by molar-refractivity contribution is -0.142. The van der Waals surface area contributed by atoms with Crippen LogP contribution < -0.4 is 5.32 Å². The predicted octanol–water partition coefficient (Wildman–Crippen LogP) is 2.29. The van der Waals surface area contributed by atoms with Crippen LogP contribution in [0.1, 0.15) is 43.1 Å². The smallest absolute Gasteiger partial charge is 0.413 e. The van der Waals surface area contributed by atoms with E-state index < -0.39 is 23.6 Å². The molecule has 1 heterocycles. The van der Waals surface area contributed by atoms with Gasteiger partial charge in [-0.3, -0.25) is 10.1 Å². The Labute approximate surface area is 131 Å². The summed E-state index contributed by atoms with van der Waals surface area (Å²) in [6, 6.07) is 0. The standard InChI is InChI=1S/C13H18N2O6S/c1-5-20-8(16)6-7-9(10(17)18)22-11(14-7)15-12(19)21-13(2,3)4/h5-6H2,1-4H3,(H,17,18)(H,14,15,19). The monoisotopic (exact) mass is 330 g/mol. The lowest BCUT2D eigenvalue weighted by Crippen LogP contribution is -2.27. The third-order valence-corrected chi connectivity index (χ3v) is 3.12. The van der Waals surface area contributed by atoms with E-state index in [1.165, 1.54) is 0 Å². The van der Waals surface area contributed by atoms with Gasteiger partial charge in [0.05, 0.1) is 18.7 Å². The van der Waals surface area contributed by atoms with Gasteiger partial charge in [0.25, 0.3) is 0 Å². The average Bonchev–Trinajstić information content (AvgIpc) is 2.69. The molecule has 0 aromatic carbocycles. The van der Waals surface area contributed by atoms with E-state index in [1.807, 2.05) is 0 Å². The maximum atomic E-state index is 11.6. The number of carbonyl (C=O) groups is 3. The number of nitrogens with one attached hydrogen (secondary N) is 1. The topological polar surface area (TPSA) is 115 Å². The Hall–Kier alpha value is -2.16. The third kappa shape index (κ3) is 5.68. The minimum atomic E-state index is -1.23. The summed E-state index contributed by atoms with van der Waals surface area (Å²) in [4.78, 5) is 38.1. The molecule has 1 aromatic heterocycles. The van der Waals surface area contributed by atoms with Gasteiger partial charge in [-0.25, -0.2) is 14.6 Å². The fourth-order valence-electron chi connectivity index (χ4n) is 1.43. The van der Waals surface area contributed by atoms with Gasteiger partial charge in [0.15, 0.2) is 5.13 Å². The number of esters is 1. The molecule has 0 aliphatic rings. The minimum Gasteiger partial charge on any atom is -0.477 e. The molecule has 0 spiro atoms. The summed E-state index contributed by atoms with van der Waals surface area (Å²) in [6.45, 7) is 6.93. The van der Waals surface area contributed by atoms with Gasteiger partial charge >= 0.3 is 18.0 Å². The maximum Gasteiger partial charge on any atom is 0.413 e. The molecule has 0 aliphatic carbocycles. The Balaban J connectivity index is 2.87. The highest BCUT2D eigenvalue weighted by molar-refractivity contribution is 7.17. The zero-order chi connectivity index (χ0) is 16.9. The largest absolute Gasteiger partial charge is 0.477 e. The van der Waals surface area contributed by atoms with Crippen molar-refractivity contribution in [2.45, 2.75) is 39.7 Å². The SMILES string of the molecule is CCOC(=O)Cc1nc(NC(=O)OC(C)(C)C)sc1C(=O)O. The summed E-state index contributed by atoms with van der Waals surface area (Å²) in [5.41, 5.74) is -0.646. The Kier molecular flexibility index (Phi) is 5.86. The van der Waals surface area contributed by atoms with E-state index >= 15 is 0 Å². The van der Waals surface area contributed by atoms with E-state index in [0.29, 0.717) is 0 Å². The third-order valence-electron chi connectivity index (χ3n) is 2.12. The first kappa shape index (κ1) is 17.9. The number of hydrogen-bond donors (Lipinski definition) is 2. The number of aromatic nitrogens is 1. The predicted molar refractivity (Wildman–Crippen MR) is 79.3 cm³/mol. The van der Waals surface area contributed by atoms with Gasteiger partial charge in [0, 0.05) is 0 Å². The lowest BCUT2D eigenvalue weighted by Gasteiger charge is -2.18.